The fourth-order valence-electron chi connectivity index (χ4n) is 1.32. The number of carbonyl (C=O) groups is 1. The third-order valence-corrected chi connectivity index (χ3v) is 2.19. The lowest BCUT2D eigenvalue weighted by molar-refractivity contribution is 0.0521. The average molecular weight is 249 g/mol. The van der Waals surface area contributed by atoms with E-state index in [1.54, 1.807) is 13.0 Å². The van der Waals surface area contributed by atoms with Gasteiger partial charge < -0.3 is 10.1 Å². The Morgan fingerprint density at radius 1 is 1.50 bits per heavy atom. The molecule has 0 radical (unpaired) electrons. The SMILES string of the molecule is CCOC(=O)c1cc(C#CCCNC)ccc1F. The van der Waals surface area contributed by atoms with E-state index in [1.807, 2.05) is 7.05 Å². The molecule has 3 nitrogen and oxygen atoms in total. The molecule has 0 bridgehead atoms. The molecule has 0 heterocycles. The molecule has 18 heavy (non-hydrogen) atoms. The highest BCUT2D eigenvalue weighted by Gasteiger charge is 2.12. The van der Waals surface area contributed by atoms with E-state index < -0.39 is 11.8 Å². The summed E-state index contributed by atoms with van der Waals surface area (Å²) < 4.78 is 18.2. The molecule has 0 aromatic heterocycles. The van der Waals surface area contributed by atoms with Crippen LogP contribution >= 0.6 is 0 Å². The van der Waals surface area contributed by atoms with E-state index in [2.05, 4.69) is 17.2 Å². The Kier molecular flexibility index (Phi) is 5.89. The van der Waals surface area contributed by atoms with Gasteiger partial charge in [-0.25, -0.2) is 9.18 Å². The van der Waals surface area contributed by atoms with Gasteiger partial charge >= 0.3 is 5.97 Å². The van der Waals surface area contributed by atoms with Crippen LogP contribution in [0, 0.1) is 17.7 Å². The Balaban J connectivity index is 2.85. The van der Waals surface area contributed by atoms with E-state index in [0.29, 0.717) is 12.0 Å². The summed E-state index contributed by atoms with van der Waals surface area (Å²) in [4.78, 5) is 11.5. The lowest BCUT2D eigenvalue weighted by Crippen LogP contribution is -2.07. The van der Waals surface area contributed by atoms with Gasteiger partial charge in [0.1, 0.15) is 5.82 Å². The van der Waals surface area contributed by atoms with Crippen molar-refractivity contribution in [3.63, 3.8) is 0 Å². The van der Waals surface area contributed by atoms with Crippen molar-refractivity contribution in [1.29, 1.82) is 0 Å². The maximum Gasteiger partial charge on any atom is 0.341 e. The Morgan fingerprint density at radius 2 is 2.28 bits per heavy atom. The molecule has 0 amide bonds. The van der Waals surface area contributed by atoms with Crippen LogP contribution in [0.15, 0.2) is 18.2 Å². The molecule has 1 aromatic rings. The Bertz CT molecular complexity index is 474. The van der Waals surface area contributed by atoms with Gasteiger partial charge in [0, 0.05) is 18.5 Å². The topological polar surface area (TPSA) is 38.3 Å². The van der Waals surface area contributed by atoms with E-state index in [0.717, 1.165) is 6.54 Å². The van der Waals surface area contributed by atoms with Crippen LogP contribution in [0.5, 0.6) is 0 Å². The predicted octanol–water partition coefficient (Wildman–Crippen LogP) is 1.96. The molecule has 0 saturated carbocycles. The Labute approximate surface area is 106 Å². The van der Waals surface area contributed by atoms with E-state index in [-0.39, 0.29) is 12.2 Å². The summed E-state index contributed by atoms with van der Waals surface area (Å²) in [6, 6.07) is 4.19. The molecule has 1 N–H and O–H groups in total. The van der Waals surface area contributed by atoms with Crippen molar-refractivity contribution in [1.82, 2.24) is 5.32 Å². The van der Waals surface area contributed by atoms with Crippen molar-refractivity contribution >= 4 is 5.97 Å². The first-order chi connectivity index (χ1) is 8.69. The molecule has 0 aliphatic carbocycles. The van der Waals surface area contributed by atoms with Crippen molar-refractivity contribution in [3.05, 3.63) is 35.1 Å². The van der Waals surface area contributed by atoms with Gasteiger partial charge in [0.05, 0.1) is 12.2 Å². The summed E-state index contributed by atoms with van der Waals surface area (Å²) in [7, 11) is 1.85. The van der Waals surface area contributed by atoms with Gasteiger partial charge in [0.15, 0.2) is 0 Å². The molecule has 1 aromatic carbocycles. The monoisotopic (exact) mass is 249 g/mol. The molecule has 0 atom stereocenters. The molecule has 0 unspecified atom stereocenters. The van der Waals surface area contributed by atoms with Crippen molar-refractivity contribution in [2.45, 2.75) is 13.3 Å². The van der Waals surface area contributed by atoms with Crippen LogP contribution in [0.3, 0.4) is 0 Å². The fraction of sp³-hybridized carbons (Fsp3) is 0.357. The number of esters is 1. The van der Waals surface area contributed by atoms with Crippen LogP contribution < -0.4 is 5.32 Å². The largest absolute Gasteiger partial charge is 0.462 e. The van der Waals surface area contributed by atoms with Gasteiger partial charge in [-0.1, -0.05) is 11.8 Å². The summed E-state index contributed by atoms with van der Waals surface area (Å²) in [6.07, 6.45) is 0.697. The van der Waals surface area contributed by atoms with Gasteiger partial charge in [-0.15, -0.1) is 0 Å². The highest BCUT2D eigenvalue weighted by Crippen LogP contribution is 2.11. The first-order valence-electron chi connectivity index (χ1n) is 5.79. The third-order valence-electron chi connectivity index (χ3n) is 2.19. The van der Waals surface area contributed by atoms with Crippen LogP contribution in [0.4, 0.5) is 4.39 Å². The second-order valence-corrected chi connectivity index (χ2v) is 3.57. The van der Waals surface area contributed by atoms with Crippen molar-refractivity contribution < 1.29 is 13.9 Å². The molecule has 96 valence electrons. The number of hydrogen-bond donors (Lipinski definition) is 1. The zero-order chi connectivity index (χ0) is 13.4. The van der Waals surface area contributed by atoms with Crippen molar-refractivity contribution in [3.8, 4) is 11.8 Å². The van der Waals surface area contributed by atoms with Crippen LogP contribution in [0.2, 0.25) is 0 Å². The van der Waals surface area contributed by atoms with Crippen LogP contribution in [-0.2, 0) is 4.74 Å². The molecule has 1 rings (SSSR count). The second-order valence-electron chi connectivity index (χ2n) is 3.57. The number of nitrogens with one attached hydrogen (secondary N) is 1. The van der Waals surface area contributed by atoms with Gasteiger partial charge in [0.2, 0.25) is 0 Å². The fourth-order valence-corrected chi connectivity index (χ4v) is 1.32. The standard InChI is InChI=1S/C14H16FNO2/c1-3-18-14(17)12-10-11(7-8-13(12)15)6-4-5-9-16-2/h7-8,10,16H,3,5,9H2,1-2H3. The highest BCUT2D eigenvalue weighted by molar-refractivity contribution is 5.90. The van der Waals surface area contributed by atoms with Crippen LogP contribution in [-0.4, -0.2) is 26.2 Å². The first-order valence-corrected chi connectivity index (χ1v) is 5.79. The molecular weight excluding hydrogens is 233 g/mol. The van der Waals surface area contributed by atoms with E-state index >= 15 is 0 Å². The summed E-state index contributed by atoms with van der Waals surface area (Å²) in [6.45, 7) is 2.69. The summed E-state index contributed by atoms with van der Waals surface area (Å²) in [5.74, 6) is 4.57. The van der Waals surface area contributed by atoms with Crippen LogP contribution in [0.25, 0.3) is 0 Å². The minimum absolute atomic E-state index is 0.0720. The van der Waals surface area contributed by atoms with Crippen LogP contribution in [0.1, 0.15) is 29.3 Å². The Hall–Kier alpha value is -1.86. The van der Waals surface area contributed by atoms with E-state index in [9.17, 15) is 9.18 Å². The molecule has 0 aliphatic rings. The van der Waals surface area contributed by atoms with Gasteiger partial charge in [-0.3, -0.25) is 0 Å². The zero-order valence-corrected chi connectivity index (χ0v) is 10.5. The minimum atomic E-state index is -0.658. The summed E-state index contributed by atoms with van der Waals surface area (Å²) >= 11 is 0. The van der Waals surface area contributed by atoms with Crippen molar-refractivity contribution in [2.75, 3.05) is 20.2 Å². The van der Waals surface area contributed by atoms with Gasteiger partial charge in [0.25, 0.3) is 0 Å². The number of hydrogen-bond acceptors (Lipinski definition) is 3. The third kappa shape index (κ3) is 4.19. The van der Waals surface area contributed by atoms with Gasteiger partial charge in [-0.05, 0) is 32.2 Å². The second kappa shape index (κ2) is 7.46. The normalized spacial score (nSPS) is 9.50. The summed E-state index contributed by atoms with van der Waals surface area (Å²) in [5.41, 5.74) is 0.535. The van der Waals surface area contributed by atoms with Gasteiger partial charge in [-0.2, -0.15) is 0 Å². The quantitative estimate of drug-likeness (QED) is 0.503. The lowest BCUT2D eigenvalue weighted by atomic mass is 10.1. The minimum Gasteiger partial charge on any atom is -0.462 e. The smallest absolute Gasteiger partial charge is 0.341 e. The number of halogens is 1. The average Bonchev–Trinajstić information content (AvgIpc) is 2.36. The number of benzene rings is 1. The molecular formula is C14H16FNO2. The van der Waals surface area contributed by atoms with E-state index in [4.69, 9.17) is 4.74 Å². The zero-order valence-electron chi connectivity index (χ0n) is 10.5. The number of rotatable bonds is 4. The highest BCUT2D eigenvalue weighted by atomic mass is 19.1. The maximum absolute atomic E-state index is 13.4. The Morgan fingerprint density at radius 3 is 2.94 bits per heavy atom. The molecule has 4 heteroatoms. The number of carbonyl (C=O) groups excluding carboxylic acids is 1. The molecule has 0 spiro atoms. The van der Waals surface area contributed by atoms with E-state index in [1.165, 1.54) is 12.1 Å². The molecule has 0 aliphatic heterocycles. The maximum atomic E-state index is 13.4. The molecule has 0 fully saturated rings. The summed E-state index contributed by atoms with van der Waals surface area (Å²) in [5, 5.41) is 2.97. The lowest BCUT2D eigenvalue weighted by Gasteiger charge is -2.03. The predicted molar refractivity (Wildman–Crippen MR) is 67.8 cm³/mol. The molecule has 0 saturated heterocycles. The van der Waals surface area contributed by atoms with Crippen molar-refractivity contribution in [2.24, 2.45) is 0 Å². The number of ether oxygens (including phenoxy) is 1. The first kappa shape index (κ1) is 14.2.